The molecule has 2 N–H and O–H groups in total. The van der Waals surface area contributed by atoms with Crippen LogP contribution in [0.5, 0.6) is 5.75 Å². The number of benzene rings is 1. The van der Waals surface area contributed by atoms with Crippen molar-refractivity contribution in [2.75, 3.05) is 6.66 Å². The van der Waals surface area contributed by atoms with Gasteiger partial charge in [-0.3, -0.25) is 4.57 Å². The minimum absolute atomic E-state index is 0.0779. The summed E-state index contributed by atoms with van der Waals surface area (Å²) in [5, 5.41) is 0. The van der Waals surface area contributed by atoms with Crippen LogP contribution in [-0.2, 0) is 4.57 Å². The van der Waals surface area contributed by atoms with Gasteiger partial charge in [0.15, 0.2) is 11.6 Å². The quantitative estimate of drug-likeness (QED) is 0.723. The first-order valence-electron chi connectivity index (χ1n) is 3.29. The van der Waals surface area contributed by atoms with E-state index in [1.54, 1.807) is 6.07 Å². The minimum Gasteiger partial charge on any atom is -0.430 e. The lowest BCUT2D eigenvalue weighted by atomic mass is 10.3. The fraction of sp³-hybridized carbons (Fsp3) is 0.143. The molecule has 0 bridgehead atoms. The van der Waals surface area contributed by atoms with Gasteiger partial charge in [0.2, 0.25) is 0 Å². The second kappa shape index (κ2) is 3.25. The van der Waals surface area contributed by atoms with Gasteiger partial charge in [-0.15, -0.1) is 0 Å². The van der Waals surface area contributed by atoms with Crippen LogP contribution in [0.4, 0.5) is 4.39 Å². The Morgan fingerprint density at radius 3 is 2.58 bits per heavy atom. The first-order valence-corrected chi connectivity index (χ1v) is 5.43. The summed E-state index contributed by atoms with van der Waals surface area (Å²) in [6.45, 7) is 1.22. The van der Waals surface area contributed by atoms with Gasteiger partial charge in [-0.1, -0.05) is 12.1 Å². The number of para-hydroxylation sites is 1. The van der Waals surface area contributed by atoms with Crippen molar-refractivity contribution in [3.63, 3.8) is 0 Å². The van der Waals surface area contributed by atoms with Crippen LogP contribution in [0, 0.1) is 5.82 Å². The lowest BCUT2D eigenvalue weighted by Crippen LogP contribution is -2.01. The number of hydrogen-bond acceptors (Lipinski definition) is 2. The summed E-state index contributed by atoms with van der Waals surface area (Å²) >= 11 is 0. The molecule has 0 unspecified atom stereocenters. The third-order valence-corrected chi connectivity index (χ3v) is 1.68. The molecule has 3 nitrogen and oxygen atoms in total. The molecule has 1 rings (SSSR count). The van der Waals surface area contributed by atoms with E-state index in [1.165, 1.54) is 24.9 Å². The van der Waals surface area contributed by atoms with Gasteiger partial charge in [0, 0.05) is 6.66 Å². The summed E-state index contributed by atoms with van der Waals surface area (Å²) < 4.78 is 28.4. The van der Waals surface area contributed by atoms with E-state index in [-0.39, 0.29) is 5.75 Å². The van der Waals surface area contributed by atoms with E-state index >= 15 is 0 Å². The normalized spacial score (nSPS) is 15.2. The van der Waals surface area contributed by atoms with Crippen molar-refractivity contribution < 1.29 is 13.5 Å². The molecule has 12 heavy (non-hydrogen) atoms. The molecule has 0 aliphatic rings. The summed E-state index contributed by atoms with van der Waals surface area (Å²) in [7, 11) is -3.15. The van der Waals surface area contributed by atoms with Gasteiger partial charge in [0.25, 0.3) is 0 Å². The maximum atomic E-state index is 12.8. The molecular weight excluding hydrogens is 180 g/mol. The molecule has 1 atom stereocenters. The highest BCUT2D eigenvalue weighted by molar-refractivity contribution is 7.56. The van der Waals surface area contributed by atoms with E-state index in [9.17, 15) is 8.96 Å². The summed E-state index contributed by atoms with van der Waals surface area (Å²) in [5.41, 5.74) is 5.10. The second-order valence-corrected chi connectivity index (χ2v) is 4.43. The zero-order valence-corrected chi connectivity index (χ0v) is 7.42. The smallest absolute Gasteiger partial charge is 0.311 e. The minimum atomic E-state index is -3.15. The molecule has 0 spiro atoms. The number of halogens is 1. The number of nitrogens with two attached hydrogens (primary N) is 1. The Kier molecular flexibility index (Phi) is 2.50. The molecule has 5 heteroatoms. The lowest BCUT2D eigenvalue weighted by molar-refractivity contribution is 0.464. The fourth-order valence-electron chi connectivity index (χ4n) is 0.714. The Morgan fingerprint density at radius 1 is 1.50 bits per heavy atom. The second-order valence-electron chi connectivity index (χ2n) is 2.43. The molecule has 1 aromatic carbocycles. The van der Waals surface area contributed by atoms with E-state index in [4.69, 9.17) is 10.0 Å². The van der Waals surface area contributed by atoms with E-state index < -0.39 is 13.3 Å². The molecular formula is C7H9FNO2P. The zero-order chi connectivity index (χ0) is 9.19. The Bertz CT molecular complexity index is 323. The third kappa shape index (κ3) is 2.64. The van der Waals surface area contributed by atoms with Gasteiger partial charge < -0.3 is 4.52 Å². The topological polar surface area (TPSA) is 52.3 Å². The van der Waals surface area contributed by atoms with Crippen LogP contribution in [0.25, 0.3) is 0 Å². The maximum Gasteiger partial charge on any atom is 0.311 e. The van der Waals surface area contributed by atoms with Gasteiger partial charge in [0.1, 0.15) is 0 Å². The molecule has 1 aromatic rings. The first-order chi connectivity index (χ1) is 5.49. The van der Waals surface area contributed by atoms with Crippen LogP contribution < -0.4 is 10.0 Å². The highest BCUT2D eigenvalue weighted by Gasteiger charge is 2.12. The molecule has 0 fully saturated rings. The summed E-state index contributed by atoms with van der Waals surface area (Å²) in [4.78, 5) is 0. The van der Waals surface area contributed by atoms with Crippen LogP contribution in [0.1, 0.15) is 0 Å². The molecule has 66 valence electrons. The van der Waals surface area contributed by atoms with Crippen molar-refractivity contribution in [3.8, 4) is 5.75 Å². The average molecular weight is 189 g/mol. The highest BCUT2D eigenvalue weighted by Crippen LogP contribution is 2.35. The van der Waals surface area contributed by atoms with Crippen LogP contribution in [0.15, 0.2) is 24.3 Å². The molecule has 0 aromatic heterocycles. The first kappa shape index (κ1) is 9.23. The Labute approximate surface area is 69.8 Å². The van der Waals surface area contributed by atoms with Gasteiger partial charge in [0.05, 0.1) is 0 Å². The molecule has 0 radical (unpaired) electrons. The number of hydrogen-bond donors (Lipinski definition) is 1. The summed E-state index contributed by atoms with van der Waals surface area (Å²) in [5.74, 6) is -0.643. The molecule has 0 aliphatic carbocycles. The van der Waals surface area contributed by atoms with Gasteiger partial charge >= 0.3 is 7.52 Å². The molecule has 0 aliphatic heterocycles. The highest BCUT2D eigenvalue weighted by atomic mass is 31.2. The monoisotopic (exact) mass is 189 g/mol. The van der Waals surface area contributed by atoms with Gasteiger partial charge in [-0.25, -0.2) is 9.89 Å². The Balaban J connectivity index is 2.90. The summed E-state index contributed by atoms with van der Waals surface area (Å²) in [6, 6.07) is 5.68. The third-order valence-electron chi connectivity index (χ3n) is 1.12. The molecule has 0 amide bonds. The van der Waals surface area contributed by atoms with Crippen molar-refractivity contribution in [3.05, 3.63) is 30.1 Å². The van der Waals surface area contributed by atoms with Crippen LogP contribution in [0.2, 0.25) is 0 Å². The lowest BCUT2D eigenvalue weighted by Gasteiger charge is -2.09. The predicted octanol–water partition coefficient (Wildman–Crippen LogP) is 1.99. The SMILES string of the molecule is C[P@@](N)(=O)Oc1ccccc1F. The van der Waals surface area contributed by atoms with Gasteiger partial charge in [-0.2, -0.15) is 0 Å². The van der Waals surface area contributed by atoms with E-state index in [0.29, 0.717) is 0 Å². The molecule has 0 heterocycles. The van der Waals surface area contributed by atoms with Gasteiger partial charge in [-0.05, 0) is 12.1 Å². The fourth-order valence-corrected chi connectivity index (χ4v) is 1.25. The largest absolute Gasteiger partial charge is 0.430 e. The predicted molar refractivity (Wildman–Crippen MR) is 44.7 cm³/mol. The van der Waals surface area contributed by atoms with E-state index in [0.717, 1.165) is 0 Å². The van der Waals surface area contributed by atoms with Crippen LogP contribution in [-0.4, -0.2) is 6.66 Å². The van der Waals surface area contributed by atoms with Crippen molar-refractivity contribution in [2.45, 2.75) is 0 Å². The van der Waals surface area contributed by atoms with Crippen LogP contribution in [0.3, 0.4) is 0 Å². The summed E-state index contributed by atoms with van der Waals surface area (Å²) in [6.07, 6.45) is 0. The standard InChI is InChI=1S/C7H9FNO2P/c1-12(9,10)11-7-5-3-2-4-6(7)8/h2-5H,1H3,(H2,9,10)/t12-/m1/s1. The molecule has 0 saturated carbocycles. The van der Waals surface area contributed by atoms with Crippen molar-refractivity contribution in [1.29, 1.82) is 0 Å². The Hall–Kier alpha value is -0.860. The average Bonchev–Trinajstić information content (AvgIpc) is 1.91. The van der Waals surface area contributed by atoms with Crippen molar-refractivity contribution in [2.24, 2.45) is 5.50 Å². The van der Waals surface area contributed by atoms with Crippen LogP contribution >= 0.6 is 7.52 Å². The van der Waals surface area contributed by atoms with Crippen molar-refractivity contribution in [1.82, 2.24) is 0 Å². The number of rotatable bonds is 2. The molecule has 0 saturated heterocycles. The maximum absolute atomic E-state index is 12.8. The Morgan fingerprint density at radius 2 is 2.08 bits per heavy atom. The zero-order valence-electron chi connectivity index (χ0n) is 6.53. The van der Waals surface area contributed by atoms with Crippen molar-refractivity contribution >= 4 is 7.52 Å². The van der Waals surface area contributed by atoms with E-state index in [1.807, 2.05) is 0 Å². The van der Waals surface area contributed by atoms with E-state index in [2.05, 4.69) is 0 Å².